The highest BCUT2D eigenvalue weighted by Gasteiger charge is 2.36. The van der Waals surface area contributed by atoms with Crippen LogP contribution in [-0.4, -0.2) is 15.1 Å². The van der Waals surface area contributed by atoms with Crippen LogP contribution in [0.25, 0.3) is 21.3 Å². The lowest BCUT2D eigenvalue weighted by Gasteiger charge is -2.17. The van der Waals surface area contributed by atoms with Gasteiger partial charge in [-0.15, -0.1) is 11.3 Å². The Morgan fingerprint density at radius 2 is 2.04 bits per heavy atom. The fourth-order valence-electron chi connectivity index (χ4n) is 3.09. The van der Waals surface area contributed by atoms with E-state index in [1.54, 1.807) is 0 Å². The first-order valence-electron chi connectivity index (χ1n) is 7.92. The molecule has 1 aliphatic carbocycles. The average Bonchev–Trinajstić information content (AvgIpc) is 3.27. The summed E-state index contributed by atoms with van der Waals surface area (Å²) in [5, 5.41) is 5.70. The third-order valence-electron chi connectivity index (χ3n) is 4.43. The van der Waals surface area contributed by atoms with E-state index in [1.807, 2.05) is 31.2 Å². The molecule has 0 unspecified atom stereocenters. The second-order valence-electron chi connectivity index (χ2n) is 6.23. The SMILES string of the molecule is Cc1nc(-c2cccc(Cl)c2)sc1-c1nc(C2(N)CCCC2)no1. The molecule has 0 amide bonds. The first kappa shape index (κ1) is 15.7. The summed E-state index contributed by atoms with van der Waals surface area (Å²) in [6, 6.07) is 7.65. The molecule has 1 saturated carbocycles. The minimum Gasteiger partial charge on any atom is -0.333 e. The van der Waals surface area contributed by atoms with E-state index in [0.29, 0.717) is 16.7 Å². The highest BCUT2D eigenvalue weighted by Crippen LogP contribution is 2.38. The number of aromatic nitrogens is 3. The molecule has 0 aliphatic heterocycles. The molecule has 2 N–H and O–H groups in total. The Hall–Kier alpha value is -1.76. The number of halogens is 1. The number of hydrogen-bond acceptors (Lipinski definition) is 6. The van der Waals surface area contributed by atoms with Crippen molar-refractivity contribution in [3.8, 4) is 21.3 Å². The molecule has 3 aromatic rings. The molecule has 0 spiro atoms. The van der Waals surface area contributed by atoms with Gasteiger partial charge >= 0.3 is 0 Å². The van der Waals surface area contributed by atoms with Gasteiger partial charge in [0.1, 0.15) is 9.88 Å². The van der Waals surface area contributed by atoms with Crippen LogP contribution in [0, 0.1) is 6.92 Å². The third-order valence-corrected chi connectivity index (χ3v) is 5.86. The van der Waals surface area contributed by atoms with Crippen LogP contribution < -0.4 is 5.73 Å². The fraction of sp³-hybridized carbons (Fsp3) is 0.353. The van der Waals surface area contributed by atoms with Gasteiger partial charge in [0.05, 0.1) is 11.2 Å². The molecular weight excluding hydrogens is 344 g/mol. The van der Waals surface area contributed by atoms with E-state index in [4.69, 9.17) is 21.9 Å². The molecule has 1 aliphatic rings. The van der Waals surface area contributed by atoms with Gasteiger partial charge in [-0.1, -0.05) is 41.7 Å². The maximum absolute atomic E-state index is 6.41. The van der Waals surface area contributed by atoms with Crippen molar-refractivity contribution in [2.75, 3.05) is 0 Å². The van der Waals surface area contributed by atoms with Gasteiger partial charge in [0.15, 0.2) is 5.82 Å². The number of thiazole rings is 1. The highest BCUT2D eigenvalue weighted by atomic mass is 35.5. The van der Waals surface area contributed by atoms with E-state index in [-0.39, 0.29) is 0 Å². The predicted octanol–water partition coefficient (Wildman–Crippen LogP) is 4.55. The lowest BCUT2D eigenvalue weighted by molar-refractivity contribution is 0.373. The standard InChI is InChI=1S/C17H17ClN4OS/c1-10-13(24-15(20-10)11-5-4-6-12(18)9-11)14-21-16(22-23-14)17(19)7-2-3-8-17/h4-6,9H,2-3,7-8,19H2,1H3. The van der Waals surface area contributed by atoms with E-state index >= 15 is 0 Å². The Balaban J connectivity index is 1.69. The molecule has 124 valence electrons. The largest absolute Gasteiger partial charge is 0.333 e. The van der Waals surface area contributed by atoms with Crippen molar-refractivity contribution in [2.24, 2.45) is 5.73 Å². The molecule has 0 saturated heterocycles. The number of hydrogen-bond donors (Lipinski definition) is 1. The minimum atomic E-state index is -0.448. The van der Waals surface area contributed by atoms with E-state index in [9.17, 15) is 0 Å². The topological polar surface area (TPSA) is 77.8 Å². The molecule has 0 atom stereocenters. The van der Waals surface area contributed by atoms with Gasteiger partial charge in [-0.05, 0) is 31.9 Å². The molecule has 2 aromatic heterocycles. The first-order valence-corrected chi connectivity index (χ1v) is 9.11. The van der Waals surface area contributed by atoms with E-state index in [0.717, 1.165) is 46.8 Å². The summed E-state index contributed by atoms with van der Waals surface area (Å²) in [7, 11) is 0. The van der Waals surface area contributed by atoms with Crippen molar-refractivity contribution in [1.82, 2.24) is 15.1 Å². The zero-order chi connectivity index (χ0) is 16.7. The number of aryl methyl sites for hydroxylation is 1. The summed E-state index contributed by atoms with van der Waals surface area (Å²) >= 11 is 7.59. The first-order chi connectivity index (χ1) is 11.5. The summed E-state index contributed by atoms with van der Waals surface area (Å²) in [5.74, 6) is 1.09. The van der Waals surface area contributed by atoms with Crippen molar-refractivity contribution < 1.29 is 4.52 Å². The second-order valence-corrected chi connectivity index (χ2v) is 7.67. The van der Waals surface area contributed by atoms with Crippen LogP contribution in [0.3, 0.4) is 0 Å². The Morgan fingerprint density at radius 1 is 1.25 bits per heavy atom. The van der Waals surface area contributed by atoms with Gasteiger partial charge < -0.3 is 10.3 Å². The summed E-state index contributed by atoms with van der Waals surface area (Å²) in [4.78, 5) is 10.1. The van der Waals surface area contributed by atoms with Gasteiger partial charge in [-0.3, -0.25) is 0 Å². The Labute approximate surface area is 148 Å². The van der Waals surface area contributed by atoms with Crippen LogP contribution in [0.1, 0.15) is 37.2 Å². The summed E-state index contributed by atoms with van der Waals surface area (Å²) in [6.45, 7) is 1.94. The predicted molar refractivity (Wildman–Crippen MR) is 94.9 cm³/mol. The number of benzene rings is 1. The monoisotopic (exact) mass is 360 g/mol. The number of nitrogens with zero attached hydrogens (tertiary/aromatic N) is 3. The average molecular weight is 361 g/mol. The zero-order valence-corrected chi connectivity index (χ0v) is 14.8. The Morgan fingerprint density at radius 3 is 2.79 bits per heavy atom. The van der Waals surface area contributed by atoms with Crippen LogP contribution >= 0.6 is 22.9 Å². The van der Waals surface area contributed by atoms with Crippen LogP contribution in [-0.2, 0) is 5.54 Å². The Bertz CT molecular complexity index is 882. The molecular formula is C17H17ClN4OS. The van der Waals surface area contributed by atoms with Crippen LogP contribution in [0.5, 0.6) is 0 Å². The van der Waals surface area contributed by atoms with Gasteiger partial charge in [-0.2, -0.15) is 4.98 Å². The maximum Gasteiger partial charge on any atom is 0.270 e. The molecule has 1 aromatic carbocycles. The molecule has 0 bridgehead atoms. The Kier molecular flexibility index (Phi) is 3.90. The van der Waals surface area contributed by atoms with Crippen molar-refractivity contribution in [1.29, 1.82) is 0 Å². The smallest absolute Gasteiger partial charge is 0.270 e. The van der Waals surface area contributed by atoms with Crippen molar-refractivity contribution in [3.63, 3.8) is 0 Å². The molecule has 5 nitrogen and oxygen atoms in total. The quantitative estimate of drug-likeness (QED) is 0.741. The van der Waals surface area contributed by atoms with Gasteiger partial charge in [0, 0.05) is 10.6 Å². The van der Waals surface area contributed by atoms with Gasteiger partial charge in [0.25, 0.3) is 5.89 Å². The minimum absolute atomic E-state index is 0.448. The van der Waals surface area contributed by atoms with Crippen LogP contribution in [0.15, 0.2) is 28.8 Å². The number of rotatable bonds is 3. The lowest BCUT2D eigenvalue weighted by atomic mass is 9.99. The molecule has 24 heavy (non-hydrogen) atoms. The molecule has 1 fully saturated rings. The van der Waals surface area contributed by atoms with Crippen molar-refractivity contribution in [3.05, 3.63) is 40.8 Å². The zero-order valence-electron chi connectivity index (χ0n) is 13.3. The molecule has 2 heterocycles. The molecule has 0 radical (unpaired) electrons. The summed E-state index contributed by atoms with van der Waals surface area (Å²) < 4.78 is 5.49. The lowest BCUT2D eigenvalue weighted by Crippen LogP contribution is -2.34. The van der Waals surface area contributed by atoms with Crippen molar-refractivity contribution >= 4 is 22.9 Å². The normalized spacial score (nSPS) is 16.6. The van der Waals surface area contributed by atoms with Gasteiger partial charge in [0.2, 0.25) is 0 Å². The molecule has 7 heteroatoms. The van der Waals surface area contributed by atoms with Crippen LogP contribution in [0.2, 0.25) is 5.02 Å². The maximum atomic E-state index is 6.41. The summed E-state index contributed by atoms with van der Waals surface area (Å²) in [6.07, 6.45) is 4.03. The summed E-state index contributed by atoms with van der Waals surface area (Å²) in [5.41, 5.74) is 7.81. The van der Waals surface area contributed by atoms with E-state index in [1.165, 1.54) is 11.3 Å². The van der Waals surface area contributed by atoms with Gasteiger partial charge in [-0.25, -0.2) is 4.98 Å². The fourth-order valence-corrected chi connectivity index (χ4v) is 4.26. The van der Waals surface area contributed by atoms with E-state index in [2.05, 4.69) is 15.1 Å². The number of nitrogens with two attached hydrogens (primary N) is 1. The highest BCUT2D eigenvalue weighted by molar-refractivity contribution is 7.18. The van der Waals surface area contributed by atoms with Crippen molar-refractivity contribution in [2.45, 2.75) is 38.1 Å². The second kappa shape index (κ2) is 5.95. The molecule has 4 rings (SSSR count). The van der Waals surface area contributed by atoms with Crippen LogP contribution in [0.4, 0.5) is 0 Å². The third kappa shape index (κ3) is 2.75. The van der Waals surface area contributed by atoms with E-state index < -0.39 is 5.54 Å².